The third-order valence-corrected chi connectivity index (χ3v) is 5.48. The summed E-state index contributed by atoms with van der Waals surface area (Å²) < 4.78 is 14.0. The fourth-order valence-electron chi connectivity index (χ4n) is 3.90. The zero-order valence-electron chi connectivity index (χ0n) is 16.6. The number of nitrogens with zero attached hydrogens (tertiary/aromatic N) is 2. The fourth-order valence-corrected chi connectivity index (χ4v) is 3.90. The lowest BCUT2D eigenvalue weighted by atomic mass is 10.0. The van der Waals surface area contributed by atoms with E-state index in [1.165, 1.54) is 17.0 Å². The molecule has 0 bridgehead atoms. The zero-order chi connectivity index (χ0) is 21.4. The highest BCUT2D eigenvalue weighted by atomic mass is 19.1. The van der Waals surface area contributed by atoms with Crippen LogP contribution in [0, 0.1) is 5.82 Å². The summed E-state index contributed by atoms with van der Waals surface area (Å²) in [5, 5.41) is 12.1. The number of aromatic amines is 1. The molecule has 31 heavy (non-hydrogen) atoms. The number of carbonyl (C=O) groups excluding carboxylic acids is 2. The van der Waals surface area contributed by atoms with E-state index < -0.39 is 11.7 Å². The van der Waals surface area contributed by atoms with Gasteiger partial charge in [-0.05, 0) is 28.5 Å². The highest BCUT2D eigenvalue weighted by Crippen LogP contribution is 2.29. The third-order valence-electron chi connectivity index (χ3n) is 5.48. The van der Waals surface area contributed by atoms with E-state index in [1.807, 2.05) is 42.5 Å². The van der Waals surface area contributed by atoms with Crippen molar-refractivity contribution in [2.45, 2.75) is 19.5 Å². The van der Waals surface area contributed by atoms with Crippen LogP contribution in [0.1, 0.15) is 27.2 Å². The molecule has 4 aromatic rings. The maximum Gasteiger partial charge on any atom is 0.257 e. The minimum atomic E-state index is -0.551. The van der Waals surface area contributed by atoms with Crippen molar-refractivity contribution in [2.75, 3.05) is 5.32 Å². The van der Waals surface area contributed by atoms with Gasteiger partial charge in [0.25, 0.3) is 5.91 Å². The molecule has 0 aliphatic carbocycles. The third kappa shape index (κ3) is 3.66. The van der Waals surface area contributed by atoms with Gasteiger partial charge in [-0.2, -0.15) is 5.10 Å². The summed E-state index contributed by atoms with van der Waals surface area (Å²) in [7, 11) is 0. The van der Waals surface area contributed by atoms with Crippen LogP contribution >= 0.6 is 0 Å². The van der Waals surface area contributed by atoms with Gasteiger partial charge in [0.2, 0.25) is 5.91 Å². The standard InChI is InChI=1S/C24H19FN4O2/c25-20-8-4-3-7-18(20)24(31)29-13-19-21(14-29)27-28-23(19)26-22(30)12-15-9-10-16-5-1-2-6-17(16)11-15/h1-11H,12-14H2,(H2,26,27,28,30). The highest BCUT2D eigenvalue weighted by Gasteiger charge is 2.30. The average Bonchev–Trinajstić information content (AvgIpc) is 3.35. The van der Waals surface area contributed by atoms with Gasteiger partial charge < -0.3 is 10.2 Å². The first-order valence-corrected chi connectivity index (χ1v) is 9.96. The Balaban J connectivity index is 1.28. The molecule has 0 saturated heterocycles. The Morgan fingerprint density at radius 1 is 1.00 bits per heavy atom. The second-order valence-corrected chi connectivity index (χ2v) is 7.58. The van der Waals surface area contributed by atoms with Crippen molar-refractivity contribution in [3.63, 3.8) is 0 Å². The van der Waals surface area contributed by atoms with Crippen LogP contribution in [0.4, 0.5) is 10.2 Å². The number of nitrogens with one attached hydrogen (secondary N) is 2. The van der Waals surface area contributed by atoms with Crippen molar-refractivity contribution in [1.29, 1.82) is 0 Å². The minimum Gasteiger partial charge on any atom is -0.328 e. The van der Waals surface area contributed by atoms with Crippen LogP contribution < -0.4 is 5.32 Å². The Labute approximate surface area is 177 Å². The van der Waals surface area contributed by atoms with Crippen LogP contribution in [-0.4, -0.2) is 26.9 Å². The summed E-state index contributed by atoms with van der Waals surface area (Å²) in [4.78, 5) is 26.8. The first-order valence-electron chi connectivity index (χ1n) is 9.96. The molecule has 154 valence electrons. The number of hydrogen-bond donors (Lipinski definition) is 2. The molecule has 0 atom stereocenters. The molecule has 5 rings (SSSR count). The van der Waals surface area contributed by atoms with Crippen LogP contribution in [0.2, 0.25) is 0 Å². The van der Waals surface area contributed by atoms with Gasteiger partial charge in [0.1, 0.15) is 5.82 Å². The van der Waals surface area contributed by atoms with E-state index in [1.54, 1.807) is 12.1 Å². The van der Waals surface area contributed by atoms with Crippen LogP contribution in [0.15, 0.2) is 66.7 Å². The van der Waals surface area contributed by atoms with Gasteiger partial charge in [-0.15, -0.1) is 0 Å². The SMILES string of the molecule is O=C(Cc1ccc2ccccc2c1)Nc1n[nH]c2c1CN(C(=O)c1ccccc1F)C2. The zero-order valence-corrected chi connectivity index (χ0v) is 16.6. The number of halogens is 1. The van der Waals surface area contributed by atoms with Gasteiger partial charge >= 0.3 is 0 Å². The van der Waals surface area contributed by atoms with Crippen LogP contribution in [0.25, 0.3) is 10.8 Å². The van der Waals surface area contributed by atoms with E-state index >= 15 is 0 Å². The molecule has 1 aromatic heterocycles. The molecule has 7 heteroatoms. The molecule has 1 aliphatic heterocycles. The highest BCUT2D eigenvalue weighted by molar-refractivity contribution is 5.96. The number of H-pyrrole nitrogens is 1. The van der Waals surface area contributed by atoms with Gasteiger partial charge in [-0.25, -0.2) is 4.39 Å². The summed E-state index contributed by atoms with van der Waals surface area (Å²) in [5.41, 5.74) is 2.42. The van der Waals surface area contributed by atoms with E-state index in [0.717, 1.165) is 27.6 Å². The lowest BCUT2D eigenvalue weighted by Crippen LogP contribution is -2.27. The largest absolute Gasteiger partial charge is 0.328 e. The molecule has 0 fully saturated rings. The number of anilines is 1. The molecule has 3 aromatic carbocycles. The van der Waals surface area contributed by atoms with Gasteiger partial charge in [0.05, 0.1) is 30.8 Å². The number of aromatic nitrogens is 2. The molecule has 0 saturated carbocycles. The maximum absolute atomic E-state index is 14.0. The van der Waals surface area contributed by atoms with Crippen molar-refractivity contribution in [2.24, 2.45) is 0 Å². The topological polar surface area (TPSA) is 78.1 Å². The Hall–Kier alpha value is -4.00. The van der Waals surface area contributed by atoms with E-state index in [9.17, 15) is 14.0 Å². The average molecular weight is 414 g/mol. The first-order chi connectivity index (χ1) is 15.1. The van der Waals surface area contributed by atoms with E-state index in [0.29, 0.717) is 5.82 Å². The number of hydrogen-bond acceptors (Lipinski definition) is 3. The van der Waals surface area contributed by atoms with Crippen molar-refractivity contribution >= 4 is 28.4 Å². The molecular formula is C24H19FN4O2. The lowest BCUT2D eigenvalue weighted by Gasteiger charge is -2.16. The lowest BCUT2D eigenvalue weighted by molar-refractivity contribution is -0.115. The number of amides is 2. The Bertz CT molecular complexity index is 1310. The van der Waals surface area contributed by atoms with Gasteiger partial charge in [0.15, 0.2) is 5.82 Å². The van der Waals surface area contributed by atoms with Crippen molar-refractivity contribution in [3.05, 3.63) is 94.9 Å². The van der Waals surface area contributed by atoms with Gasteiger partial charge in [-0.3, -0.25) is 14.7 Å². The number of rotatable bonds is 4. The predicted molar refractivity (Wildman–Crippen MR) is 115 cm³/mol. The Kier molecular flexibility index (Phi) is 4.71. The van der Waals surface area contributed by atoms with E-state index in [-0.39, 0.29) is 31.0 Å². The van der Waals surface area contributed by atoms with Crippen molar-refractivity contribution < 1.29 is 14.0 Å². The number of fused-ring (bicyclic) bond motifs is 2. The Morgan fingerprint density at radius 3 is 2.61 bits per heavy atom. The minimum absolute atomic E-state index is 0.0301. The number of benzene rings is 3. The normalized spacial score (nSPS) is 12.7. The summed E-state index contributed by atoms with van der Waals surface area (Å²) in [6, 6.07) is 19.8. The molecule has 1 aliphatic rings. The molecule has 0 radical (unpaired) electrons. The first kappa shape index (κ1) is 19.0. The van der Waals surface area contributed by atoms with Gasteiger partial charge in [-0.1, -0.05) is 54.6 Å². The molecule has 0 spiro atoms. The molecule has 2 heterocycles. The molecule has 2 amide bonds. The predicted octanol–water partition coefficient (Wildman–Crippen LogP) is 4.04. The fraction of sp³-hybridized carbons (Fsp3) is 0.125. The van der Waals surface area contributed by atoms with Crippen LogP contribution in [0.3, 0.4) is 0 Å². The molecule has 2 N–H and O–H groups in total. The molecular weight excluding hydrogens is 395 g/mol. The van der Waals surface area contributed by atoms with Crippen molar-refractivity contribution in [3.8, 4) is 0 Å². The Morgan fingerprint density at radius 2 is 1.77 bits per heavy atom. The van der Waals surface area contributed by atoms with Crippen molar-refractivity contribution in [1.82, 2.24) is 15.1 Å². The summed E-state index contributed by atoms with van der Waals surface area (Å²) in [5.74, 6) is -0.727. The van der Waals surface area contributed by atoms with E-state index in [2.05, 4.69) is 15.5 Å². The quantitative estimate of drug-likeness (QED) is 0.529. The summed E-state index contributed by atoms with van der Waals surface area (Å²) >= 11 is 0. The summed E-state index contributed by atoms with van der Waals surface area (Å²) in [6.45, 7) is 0.542. The van der Waals surface area contributed by atoms with Gasteiger partial charge in [0, 0.05) is 5.56 Å². The maximum atomic E-state index is 14.0. The molecule has 6 nitrogen and oxygen atoms in total. The number of carbonyl (C=O) groups is 2. The second kappa shape index (κ2) is 7.68. The van der Waals surface area contributed by atoms with Crippen LogP contribution in [0.5, 0.6) is 0 Å². The second-order valence-electron chi connectivity index (χ2n) is 7.58. The smallest absolute Gasteiger partial charge is 0.257 e. The molecule has 0 unspecified atom stereocenters. The van der Waals surface area contributed by atoms with Crippen LogP contribution in [-0.2, 0) is 24.3 Å². The monoisotopic (exact) mass is 414 g/mol. The summed E-state index contributed by atoms with van der Waals surface area (Å²) in [6.07, 6.45) is 0.213. The van der Waals surface area contributed by atoms with E-state index in [4.69, 9.17) is 0 Å².